The first-order valence-electron chi connectivity index (χ1n) is 30.1. The molecule has 76 heavy (non-hydrogen) atoms. The van der Waals surface area contributed by atoms with Crippen molar-refractivity contribution < 1.29 is 52.2 Å². The topological polar surface area (TPSA) is 155 Å². The normalized spacial score (nSPS) is 14.0. The number of phosphoric acid groups is 1. The van der Waals surface area contributed by atoms with Crippen LogP contribution in [0.25, 0.3) is 0 Å². The monoisotopic (exact) mass is 1080 g/mol. The molecule has 0 rings (SSSR count). The number of unbranched alkanes of at least 4 members (excludes halogenated alkanes) is 22. The number of carbonyl (C=O) groups is 3. The van der Waals surface area contributed by atoms with Crippen molar-refractivity contribution in [1.29, 1.82) is 0 Å². The molecule has 0 bridgehead atoms. The van der Waals surface area contributed by atoms with Gasteiger partial charge in [0.2, 0.25) is 0 Å². The molecular weight excluding hydrogens is 976 g/mol. The molecule has 0 aliphatic rings. The summed E-state index contributed by atoms with van der Waals surface area (Å²) in [4.78, 5) is 48.6. The summed E-state index contributed by atoms with van der Waals surface area (Å²) >= 11 is 0. The third-order valence-electron chi connectivity index (χ3n) is 12.5. The minimum Gasteiger partial charge on any atom is -0.462 e. The number of esters is 3. The number of hydrogen-bond acceptors (Lipinski definition) is 10. The minimum absolute atomic E-state index is 0.149. The van der Waals surface area contributed by atoms with Gasteiger partial charge in [0.05, 0.1) is 19.8 Å². The Morgan fingerprint density at radius 1 is 0.382 bits per heavy atom. The quantitative estimate of drug-likeness (QED) is 0.0197. The van der Waals surface area contributed by atoms with E-state index in [4.69, 9.17) is 23.3 Å². The maximum absolute atomic E-state index is 12.9. The van der Waals surface area contributed by atoms with Gasteiger partial charge in [-0.25, -0.2) is 4.57 Å². The van der Waals surface area contributed by atoms with Crippen LogP contribution in [0.4, 0.5) is 0 Å². The number of carbonyl (C=O) groups excluding carboxylic acids is 3. The van der Waals surface area contributed by atoms with Gasteiger partial charge in [0, 0.05) is 19.3 Å². The molecule has 11 nitrogen and oxygen atoms in total. The number of allylic oxidation sites excluding steroid dienone is 16. The van der Waals surface area contributed by atoms with Crippen LogP contribution in [0.5, 0.6) is 0 Å². The molecular formula is C64H109O11P. The molecule has 0 spiro atoms. The van der Waals surface area contributed by atoms with E-state index in [0.717, 1.165) is 154 Å². The molecule has 0 saturated carbocycles. The Balaban J connectivity index is 4.74. The maximum atomic E-state index is 12.9. The molecule has 0 aliphatic carbocycles. The largest absolute Gasteiger partial charge is 0.472 e. The number of rotatable bonds is 55. The van der Waals surface area contributed by atoms with Crippen LogP contribution in [0.1, 0.15) is 252 Å². The van der Waals surface area contributed by atoms with Crippen LogP contribution < -0.4 is 0 Å². The Bertz CT molecular complexity index is 1640. The molecule has 2 N–H and O–H groups in total. The maximum Gasteiger partial charge on any atom is 0.472 e. The van der Waals surface area contributed by atoms with Crippen LogP contribution in [0.3, 0.4) is 0 Å². The van der Waals surface area contributed by atoms with Gasteiger partial charge in [-0.05, 0) is 116 Å². The van der Waals surface area contributed by atoms with Crippen LogP contribution in [0, 0.1) is 0 Å². The number of phosphoric ester groups is 1. The van der Waals surface area contributed by atoms with E-state index in [1.54, 1.807) is 0 Å². The summed E-state index contributed by atoms with van der Waals surface area (Å²) in [5.74, 6) is -1.50. The first-order valence-corrected chi connectivity index (χ1v) is 31.6. The summed E-state index contributed by atoms with van der Waals surface area (Å²) in [5.41, 5.74) is 0. The highest BCUT2D eigenvalue weighted by Crippen LogP contribution is 2.43. The van der Waals surface area contributed by atoms with Crippen molar-refractivity contribution in [2.75, 3.05) is 26.4 Å². The van der Waals surface area contributed by atoms with Gasteiger partial charge in [0.25, 0.3) is 0 Å². The summed E-state index contributed by atoms with van der Waals surface area (Å²) in [5, 5.41) is 9.84. The van der Waals surface area contributed by atoms with Crippen molar-refractivity contribution in [3.63, 3.8) is 0 Å². The lowest BCUT2D eigenvalue weighted by Gasteiger charge is -2.21. The lowest BCUT2D eigenvalue weighted by atomic mass is 10.1. The van der Waals surface area contributed by atoms with Crippen molar-refractivity contribution in [3.8, 4) is 0 Å². The van der Waals surface area contributed by atoms with Crippen molar-refractivity contribution in [1.82, 2.24) is 0 Å². The zero-order valence-electron chi connectivity index (χ0n) is 48.2. The highest BCUT2D eigenvalue weighted by Gasteiger charge is 2.28. The van der Waals surface area contributed by atoms with Gasteiger partial charge >= 0.3 is 25.7 Å². The van der Waals surface area contributed by atoms with Gasteiger partial charge < -0.3 is 24.2 Å². The Labute approximate surface area is 463 Å². The van der Waals surface area contributed by atoms with Gasteiger partial charge in [-0.3, -0.25) is 23.4 Å². The van der Waals surface area contributed by atoms with Gasteiger partial charge in [0.15, 0.2) is 6.10 Å². The van der Waals surface area contributed by atoms with Crippen LogP contribution in [0.15, 0.2) is 97.2 Å². The summed E-state index contributed by atoms with van der Waals surface area (Å²) < 4.78 is 39.6. The molecule has 0 aromatic heterocycles. The second kappa shape index (κ2) is 57.6. The number of aliphatic hydroxyl groups is 1. The van der Waals surface area contributed by atoms with Crippen molar-refractivity contribution in [3.05, 3.63) is 97.2 Å². The second-order valence-electron chi connectivity index (χ2n) is 19.7. The molecule has 0 amide bonds. The first-order chi connectivity index (χ1) is 37.2. The van der Waals surface area contributed by atoms with Crippen LogP contribution in [-0.4, -0.2) is 66.5 Å². The molecule has 0 aromatic carbocycles. The lowest BCUT2D eigenvalue weighted by molar-refractivity contribution is -0.161. The molecule has 0 fully saturated rings. The van der Waals surface area contributed by atoms with E-state index in [-0.39, 0.29) is 25.9 Å². The number of aliphatic hydroxyl groups excluding tert-OH is 1. The van der Waals surface area contributed by atoms with Crippen LogP contribution in [0.2, 0.25) is 0 Å². The predicted molar refractivity (Wildman–Crippen MR) is 316 cm³/mol. The van der Waals surface area contributed by atoms with Crippen molar-refractivity contribution in [2.24, 2.45) is 0 Å². The molecule has 12 heteroatoms. The van der Waals surface area contributed by atoms with Gasteiger partial charge in [-0.1, -0.05) is 214 Å². The summed E-state index contributed by atoms with van der Waals surface area (Å²) in [6, 6.07) is 0. The van der Waals surface area contributed by atoms with E-state index >= 15 is 0 Å². The fourth-order valence-electron chi connectivity index (χ4n) is 7.94. The third kappa shape index (κ3) is 55.2. The van der Waals surface area contributed by atoms with Gasteiger partial charge in [-0.2, -0.15) is 0 Å². The zero-order chi connectivity index (χ0) is 55.5. The Morgan fingerprint density at radius 3 is 1.05 bits per heavy atom. The first kappa shape index (κ1) is 72.4. The standard InChI is InChI=1S/C64H109O11P/c1-4-7-10-13-16-19-22-25-28-30-33-36-39-42-45-48-51-54-63(67)74-60(56-65)58-72-76(69,70)73-59-61(57-71-62(66)53-50-47-44-41-38-35-32-27-24-21-18-15-12-9-6-3)75-64(68)55-52-49-46-43-40-37-34-31-29-26-23-20-17-14-11-8-5-2/h7-8,10-11,16-21,25-29,32,60-61,65H,4-6,9,12-15,22-24,30-31,33-59H2,1-3H3,(H,69,70)/b10-7-,11-8-,19-16-,20-17-,21-18-,28-25-,29-26-,32-27-. The third-order valence-corrected chi connectivity index (χ3v) is 13.4. The van der Waals surface area contributed by atoms with E-state index in [2.05, 4.69) is 118 Å². The SMILES string of the molecule is CC/C=C\C/C=C\C/C=C\CCCCCCCCCC(=O)OC(CO)COP(=O)(O)OCC(COC(=O)CCCCCCC/C=C\C/C=C\CCCCC)OC(=O)CCCCCCCCC/C=C\C/C=C\C/C=C\CC. The highest BCUT2D eigenvalue weighted by atomic mass is 31.2. The van der Waals surface area contributed by atoms with E-state index < -0.39 is 57.8 Å². The Kier molecular flexibility index (Phi) is 54.8. The predicted octanol–water partition coefficient (Wildman–Crippen LogP) is 18.0. The fraction of sp³-hybridized carbons (Fsp3) is 0.703. The number of hydrogen-bond donors (Lipinski definition) is 2. The average Bonchev–Trinajstić information content (AvgIpc) is 3.41. The van der Waals surface area contributed by atoms with Gasteiger partial charge in [0.1, 0.15) is 12.7 Å². The zero-order valence-corrected chi connectivity index (χ0v) is 49.1. The molecule has 3 atom stereocenters. The Morgan fingerprint density at radius 2 is 0.684 bits per heavy atom. The average molecular weight is 1090 g/mol. The van der Waals surface area contributed by atoms with Gasteiger partial charge in [-0.15, -0.1) is 0 Å². The second-order valence-corrected chi connectivity index (χ2v) is 21.2. The molecule has 436 valence electrons. The molecule has 0 radical (unpaired) electrons. The highest BCUT2D eigenvalue weighted by molar-refractivity contribution is 7.47. The van der Waals surface area contributed by atoms with E-state index in [9.17, 15) is 28.9 Å². The molecule has 0 heterocycles. The molecule has 3 unspecified atom stereocenters. The lowest BCUT2D eigenvalue weighted by Crippen LogP contribution is -2.30. The van der Waals surface area contributed by atoms with E-state index in [0.29, 0.717) is 19.3 Å². The number of ether oxygens (including phenoxy) is 3. The molecule has 0 aliphatic heterocycles. The fourth-order valence-corrected chi connectivity index (χ4v) is 8.73. The smallest absolute Gasteiger partial charge is 0.462 e. The van der Waals surface area contributed by atoms with Crippen molar-refractivity contribution >= 4 is 25.7 Å². The minimum atomic E-state index is -4.76. The summed E-state index contributed by atoms with van der Waals surface area (Å²) in [7, 11) is -4.76. The molecule has 0 aromatic rings. The van der Waals surface area contributed by atoms with Crippen molar-refractivity contribution in [2.45, 2.75) is 264 Å². The van der Waals surface area contributed by atoms with Crippen LogP contribution in [-0.2, 0) is 42.2 Å². The summed E-state index contributed by atoms with van der Waals surface area (Å²) in [6.07, 6.45) is 67.8. The summed E-state index contributed by atoms with van der Waals surface area (Å²) in [6.45, 7) is 4.37. The Hall–Kier alpha value is -3.60. The van der Waals surface area contributed by atoms with Crippen LogP contribution >= 0.6 is 7.82 Å². The molecule has 0 saturated heterocycles. The van der Waals surface area contributed by atoms with E-state index in [1.165, 1.54) is 38.5 Å². The van der Waals surface area contributed by atoms with E-state index in [1.807, 2.05) is 0 Å².